The third kappa shape index (κ3) is 2.10. The second kappa shape index (κ2) is 5.31. The summed E-state index contributed by atoms with van der Waals surface area (Å²) in [5.41, 5.74) is 5.60. The Bertz CT molecular complexity index is 589. The first-order valence-corrected chi connectivity index (χ1v) is 7.75. The second-order valence-corrected chi connectivity index (χ2v) is 6.17. The maximum absolute atomic E-state index is 5.91. The first kappa shape index (κ1) is 13.8. The number of hydrogen-bond acceptors (Lipinski definition) is 3. The highest BCUT2D eigenvalue weighted by Gasteiger charge is 2.52. The Morgan fingerprint density at radius 1 is 1.40 bits per heavy atom. The molecule has 1 aromatic heterocycles. The summed E-state index contributed by atoms with van der Waals surface area (Å²) in [5.74, 6) is 5.91. The van der Waals surface area contributed by atoms with Crippen molar-refractivity contribution < 1.29 is 0 Å². The average molecular weight is 335 g/mol. The summed E-state index contributed by atoms with van der Waals surface area (Å²) in [5, 5.41) is 4.41. The summed E-state index contributed by atoms with van der Waals surface area (Å²) in [7, 11) is 0. The number of benzene rings is 1. The Labute approximate surface area is 127 Å². The normalized spacial score (nSPS) is 17.9. The zero-order valence-corrected chi connectivity index (χ0v) is 13.1. The third-order valence-electron chi connectivity index (χ3n) is 4.26. The van der Waals surface area contributed by atoms with Gasteiger partial charge < -0.3 is 0 Å². The van der Waals surface area contributed by atoms with Gasteiger partial charge in [0.2, 0.25) is 0 Å². The van der Waals surface area contributed by atoms with E-state index in [2.05, 4.69) is 63.7 Å². The van der Waals surface area contributed by atoms with E-state index in [1.165, 1.54) is 5.56 Å². The third-order valence-corrected chi connectivity index (χ3v) is 4.87. The van der Waals surface area contributed by atoms with E-state index >= 15 is 0 Å². The van der Waals surface area contributed by atoms with E-state index in [0.717, 1.165) is 29.6 Å². The fraction of sp³-hybridized carbons (Fsp3) is 0.400. The monoisotopic (exact) mass is 334 g/mol. The van der Waals surface area contributed by atoms with Gasteiger partial charge in [0.15, 0.2) is 0 Å². The van der Waals surface area contributed by atoms with Gasteiger partial charge >= 0.3 is 0 Å². The summed E-state index contributed by atoms with van der Waals surface area (Å²) < 4.78 is 3.03. The lowest BCUT2D eigenvalue weighted by Crippen LogP contribution is -2.38. The fourth-order valence-electron chi connectivity index (χ4n) is 3.06. The van der Waals surface area contributed by atoms with Crippen LogP contribution in [0, 0.1) is 0 Å². The molecule has 0 aliphatic heterocycles. The minimum Gasteiger partial charge on any atom is -0.271 e. The average Bonchev–Trinajstić information content (AvgIpc) is 3.21. The van der Waals surface area contributed by atoms with Crippen molar-refractivity contribution in [1.82, 2.24) is 15.2 Å². The van der Waals surface area contributed by atoms with E-state index in [1.807, 2.05) is 10.9 Å². The van der Waals surface area contributed by atoms with E-state index in [-0.39, 0.29) is 11.5 Å². The van der Waals surface area contributed by atoms with Crippen LogP contribution in [0.3, 0.4) is 0 Å². The van der Waals surface area contributed by atoms with E-state index in [9.17, 15) is 0 Å². The Kier molecular flexibility index (Phi) is 3.67. The highest BCUT2D eigenvalue weighted by atomic mass is 79.9. The first-order valence-electron chi connectivity index (χ1n) is 6.96. The molecular weight excluding hydrogens is 316 g/mol. The highest BCUT2D eigenvalue weighted by molar-refractivity contribution is 9.10. The molecule has 5 heteroatoms. The van der Waals surface area contributed by atoms with Crippen LogP contribution in [0.4, 0.5) is 0 Å². The molecule has 1 aliphatic rings. The molecule has 0 bridgehead atoms. The summed E-state index contributed by atoms with van der Waals surface area (Å²) in [6.45, 7) is 2.93. The van der Waals surface area contributed by atoms with Crippen LogP contribution in [-0.4, -0.2) is 9.78 Å². The van der Waals surface area contributed by atoms with Crippen LogP contribution in [0.1, 0.15) is 37.1 Å². The quantitative estimate of drug-likeness (QED) is 0.653. The van der Waals surface area contributed by atoms with Crippen molar-refractivity contribution in [3.63, 3.8) is 0 Å². The van der Waals surface area contributed by atoms with E-state index in [4.69, 9.17) is 5.84 Å². The van der Waals surface area contributed by atoms with Crippen LogP contribution in [0.2, 0.25) is 0 Å². The van der Waals surface area contributed by atoms with Gasteiger partial charge in [0.25, 0.3) is 0 Å². The van der Waals surface area contributed by atoms with Gasteiger partial charge in [-0.3, -0.25) is 16.0 Å². The minimum absolute atomic E-state index is 0.0710. The van der Waals surface area contributed by atoms with E-state index < -0.39 is 0 Å². The molecule has 1 saturated carbocycles. The maximum Gasteiger partial charge on any atom is 0.0736 e. The molecule has 106 valence electrons. The number of aromatic nitrogens is 2. The van der Waals surface area contributed by atoms with Crippen molar-refractivity contribution in [3.8, 4) is 0 Å². The second-order valence-electron chi connectivity index (χ2n) is 5.32. The lowest BCUT2D eigenvalue weighted by atomic mass is 9.86. The number of nitrogens with zero attached hydrogens (tertiary/aromatic N) is 2. The summed E-state index contributed by atoms with van der Waals surface area (Å²) in [6, 6.07) is 10.7. The molecular formula is C15H19BrN4. The number of halogens is 1. The first-order chi connectivity index (χ1) is 9.73. The van der Waals surface area contributed by atoms with Gasteiger partial charge in [-0.2, -0.15) is 5.10 Å². The molecule has 1 atom stereocenters. The predicted molar refractivity (Wildman–Crippen MR) is 83.0 cm³/mol. The topological polar surface area (TPSA) is 55.9 Å². The Balaban J connectivity index is 2.04. The largest absolute Gasteiger partial charge is 0.271 e. The molecule has 1 aromatic carbocycles. The van der Waals surface area contributed by atoms with E-state index in [0.29, 0.717) is 0 Å². The number of nitrogens with two attached hydrogens (primary N) is 1. The van der Waals surface area contributed by atoms with Crippen molar-refractivity contribution in [1.29, 1.82) is 0 Å². The molecule has 0 spiro atoms. The van der Waals surface area contributed by atoms with Crippen molar-refractivity contribution in [2.75, 3.05) is 0 Å². The van der Waals surface area contributed by atoms with Gasteiger partial charge in [0.1, 0.15) is 0 Å². The number of hydrazine groups is 1. The molecule has 0 amide bonds. The van der Waals surface area contributed by atoms with Gasteiger partial charge in [0, 0.05) is 12.0 Å². The van der Waals surface area contributed by atoms with Crippen LogP contribution >= 0.6 is 15.9 Å². The van der Waals surface area contributed by atoms with Crippen LogP contribution in [0.5, 0.6) is 0 Å². The zero-order chi connectivity index (χ0) is 14.2. The molecule has 1 aliphatic carbocycles. The molecule has 20 heavy (non-hydrogen) atoms. The molecule has 1 heterocycles. The van der Waals surface area contributed by atoms with Crippen molar-refractivity contribution in [3.05, 3.63) is 52.3 Å². The number of rotatable bonds is 5. The fourth-order valence-corrected chi connectivity index (χ4v) is 3.59. The van der Waals surface area contributed by atoms with Gasteiger partial charge in [-0.1, -0.05) is 30.3 Å². The minimum atomic E-state index is 0.0710. The lowest BCUT2D eigenvalue weighted by Gasteiger charge is -2.28. The van der Waals surface area contributed by atoms with Gasteiger partial charge in [-0.15, -0.1) is 0 Å². The van der Waals surface area contributed by atoms with Crippen LogP contribution in [-0.2, 0) is 12.0 Å². The summed E-state index contributed by atoms with van der Waals surface area (Å²) >= 11 is 3.61. The van der Waals surface area contributed by atoms with Crippen molar-refractivity contribution in [2.24, 2.45) is 5.84 Å². The SMILES string of the molecule is CCn1ncc(Br)c1C(NN)C1(c2ccccc2)CC1. The number of hydrogen-bond donors (Lipinski definition) is 2. The Morgan fingerprint density at radius 2 is 2.10 bits per heavy atom. The van der Waals surface area contributed by atoms with Crippen molar-refractivity contribution >= 4 is 15.9 Å². The van der Waals surface area contributed by atoms with E-state index in [1.54, 1.807) is 0 Å². The van der Waals surface area contributed by atoms with Crippen molar-refractivity contribution in [2.45, 2.75) is 37.8 Å². The maximum atomic E-state index is 5.91. The molecule has 0 radical (unpaired) electrons. The Morgan fingerprint density at radius 3 is 2.65 bits per heavy atom. The highest BCUT2D eigenvalue weighted by Crippen LogP contribution is 2.56. The van der Waals surface area contributed by atoms with Crippen LogP contribution < -0.4 is 11.3 Å². The standard InChI is InChI=1S/C15H19BrN4/c1-2-20-13(12(16)10-18-20)14(19-17)15(8-9-15)11-6-4-3-5-7-11/h3-7,10,14,19H,2,8-9,17H2,1H3. The predicted octanol–water partition coefficient (Wildman–Crippen LogP) is 2.90. The molecule has 1 fully saturated rings. The molecule has 1 unspecified atom stereocenters. The van der Waals surface area contributed by atoms with Crippen LogP contribution in [0.15, 0.2) is 41.0 Å². The molecule has 4 nitrogen and oxygen atoms in total. The van der Waals surface area contributed by atoms with Crippen LogP contribution in [0.25, 0.3) is 0 Å². The molecule has 0 saturated heterocycles. The lowest BCUT2D eigenvalue weighted by molar-refractivity contribution is 0.404. The molecule has 3 rings (SSSR count). The number of aryl methyl sites for hydroxylation is 1. The molecule has 3 N–H and O–H groups in total. The smallest absolute Gasteiger partial charge is 0.0736 e. The van der Waals surface area contributed by atoms with Gasteiger partial charge in [-0.05, 0) is 41.3 Å². The summed E-state index contributed by atoms with van der Waals surface area (Å²) in [6.07, 6.45) is 4.14. The summed E-state index contributed by atoms with van der Waals surface area (Å²) in [4.78, 5) is 0. The Hall–Kier alpha value is -1.17. The number of nitrogens with one attached hydrogen (secondary N) is 1. The zero-order valence-electron chi connectivity index (χ0n) is 11.5. The van der Waals surface area contributed by atoms with Gasteiger partial charge in [0.05, 0.1) is 22.4 Å². The molecule has 2 aromatic rings. The van der Waals surface area contributed by atoms with Gasteiger partial charge in [-0.25, -0.2) is 0 Å².